The molecule has 0 saturated carbocycles. The monoisotopic (exact) mass is 530 g/mol. The predicted octanol–water partition coefficient (Wildman–Crippen LogP) is 4.23. The number of hydrogen-bond acceptors (Lipinski definition) is 5. The fraction of sp³-hybridized carbons (Fsp3) is 0.524. The van der Waals surface area contributed by atoms with Crippen LogP contribution >= 0.6 is 35.3 Å². The summed E-state index contributed by atoms with van der Waals surface area (Å²) in [4.78, 5) is 8.98. The van der Waals surface area contributed by atoms with Crippen LogP contribution < -0.4 is 15.4 Å². The molecule has 0 aliphatic carbocycles. The van der Waals surface area contributed by atoms with E-state index in [0.29, 0.717) is 25.6 Å². The average Bonchev–Trinajstić information content (AvgIpc) is 3.35. The Bertz CT molecular complexity index is 804. The molecule has 6 nitrogen and oxygen atoms in total. The molecule has 1 atom stereocenters. The second kappa shape index (κ2) is 11.7. The Morgan fingerprint density at radius 2 is 2.14 bits per heavy atom. The van der Waals surface area contributed by atoms with Crippen molar-refractivity contribution in [2.24, 2.45) is 4.99 Å². The van der Waals surface area contributed by atoms with Crippen molar-refractivity contribution >= 4 is 41.3 Å². The Balaban J connectivity index is 0.00000300. The van der Waals surface area contributed by atoms with E-state index >= 15 is 0 Å². The lowest BCUT2D eigenvalue weighted by molar-refractivity contribution is 0.140. The quantitative estimate of drug-likeness (QED) is 0.319. The molecule has 0 bridgehead atoms. The van der Waals surface area contributed by atoms with Crippen LogP contribution in [0.1, 0.15) is 48.0 Å². The van der Waals surface area contributed by atoms with E-state index in [1.165, 1.54) is 5.56 Å². The van der Waals surface area contributed by atoms with Gasteiger partial charge in [-0.3, -0.25) is 4.99 Å². The van der Waals surface area contributed by atoms with Gasteiger partial charge in [0.2, 0.25) is 0 Å². The van der Waals surface area contributed by atoms with Crippen LogP contribution in [0, 0.1) is 6.92 Å². The van der Waals surface area contributed by atoms with Crippen molar-refractivity contribution < 1.29 is 9.47 Å². The molecule has 1 aliphatic rings. The number of rotatable bonds is 7. The minimum absolute atomic E-state index is 0. The lowest BCUT2D eigenvalue weighted by Gasteiger charge is -2.18. The van der Waals surface area contributed by atoms with Gasteiger partial charge in [-0.25, -0.2) is 4.98 Å². The smallest absolute Gasteiger partial charge is 0.191 e. The molecule has 1 aromatic carbocycles. The van der Waals surface area contributed by atoms with E-state index < -0.39 is 0 Å². The van der Waals surface area contributed by atoms with Crippen molar-refractivity contribution in [3.63, 3.8) is 0 Å². The molecule has 1 aromatic heterocycles. The number of hydrogen-bond donors (Lipinski definition) is 2. The number of ether oxygens (including phenoxy) is 2. The Morgan fingerprint density at radius 1 is 1.34 bits per heavy atom. The molecule has 1 aliphatic heterocycles. The summed E-state index contributed by atoms with van der Waals surface area (Å²) in [6, 6.07) is 6.30. The fourth-order valence-electron chi connectivity index (χ4n) is 2.95. The van der Waals surface area contributed by atoms with Crippen molar-refractivity contribution in [2.45, 2.75) is 52.3 Å². The van der Waals surface area contributed by atoms with Gasteiger partial charge in [0, 0.05) is 36.9 Å². The van der Waals surface area contributed by atoms with E-state index in [2.05, 4.69) is 65.0 Å². The van der Waals surface area contributed by atoms with Gasteiger partial charge in [0.05, 0.1) is 30.5 Å². The molecule has 1 fully saturated rings. The van der Waals surface area contributed by atoms with Crippen LogP contribution in [-0.4, -0.2) is 37.3 Å². The maximum Gasteiger partial charge on any atom is 0.191 e. The molecule has 0 spiro atoms. The second-order valence-electron chi connectivity index (χ2n) is 7.33. The van der Waals surface area contributed by atoms with Crippen LogP contribution in [0.25, 0.3) is 0 Å². The number of guanidine groups is 1. The van der Waals surface area contributed by atoms with Crippen molar-refractivity contribution in [2.75, 3.05) is 20.3 Å². The number of aromatic nitrogens is 1. The highest BCUT2D eigenvalue weighted by Gasteiger charge is 2.18. The number of nitrogens with one attached hydrogen (secondary N) is 2. The van der Waals surface area contributed by atoms with Crippen LogP contribution in [-0.2, 0) is 17.8 Å². The van der Waals surface area contributed by atoms with E-state index in [4.69, 9.17) is 9.47 Å². The zero-order valence-corrected chi connectivity index (χ0v) is 20.7. The van der Waals surface area contributed by atoms with Crippen LogP contribution in [0.5, 0.6) is 5.75 Å². The molecule has 29 heavy (non-hydrogen) atoms. The largest absolute Gasteiger partial charge is 0.488 e. The topological polar surface area (TPSA) is 67.8 Å². The van der Waals surface area contributed by atoms with Gasteiger partial charge >= 0.3 is 0 Å². The van der Waals surface area contributed by atoms with E-state index in [-0.39, 0.29) is 30.1 Å². The van der Waals surface area contributed by atoms with Crippen LogP contribution in [0.2, 0.25) is 0 Å². The van der Waals surface area contributed by atoms with E-state index in [9.17, 15) is 0 Å². The maximum absolute atomic E-state index is 6.17. The minimum Gasteiger partial charge on any atom is -0.488 e. The number of benzene rings is 1. The average molecular weight is 530 g/mol. The first-order valence-corrected chi connectivity index (χ1v) is 10.7. The summed E-state index contributed by atoms with van der Waals surface area (Å²) in [5, 5.41) is 9.97. The molecule has 1 unspecified atom stereocenters. The van der Waals surface area contributed by atoms with Gasteiger partial charge < -0.3 is 20.1 Å². The summed E-state index contributed by atoms with van der Waals surface area (Å²) in [5.41, 5.74) is 3.33. The van der Waals surface area contributed by atoms with Crippen LogP contribution in [0.15, 0.2) is 28.6 Å². The summed E-state index contributed by atoms with van der Waals surface area (Å²) in [6.07, 6.45) is 1.08. The Hall–Kier alpha value is -1.39. The molecule has 1 saturated heterocycles. The number of nitrogens with zero attached hydrogens (tertiary/aromatic N) is 2. The molecule has 2 aromatic rings. The SMILES string of the molecule is CN=C(NCc1csc(C(C)C)n1)NCc1ccc(C)cc1OC1CCOC1.I. The summed E-state index contributed by atoms with van der Waals surface area (Å²) >= 11 is 1.71. The molecule has 3 rings (SSSR count). The molecule has 0 radical (unpaired) electrons. The van der Waals surface area contributed by atoms with E-state index in [1.54, 1.807) is 18.4 Å². The first-order valence-electron chi connectivity index (χ1n) is 9.78. The lowest BCUT2D eigenvalue weighted by Crippen LogP contribution is -2.36. The summed E-state index contributed by atoms with van der Waals surface area (Å²) < 4.78 is 11.6. The molecular weight excluding hydrogens is 499 g/mol. The summed E-state index contributed by atoms with van der Waals surface area (Å²) in [7, 11) is 1.78. The van der Waals surface area contributed by atoms with Crippen LogP contribution in [0.3, 0.4) is 0 Å². The van der Waals surface area contributed by atoms with Gasteiger partial charge in [-0.05, 0) is 18.6 Å². The summed E-state index contributed by atoms with van der Waals surface area (Å²) in [5.74, 6) is 2.12. The van der Waals surface area contributed by atoms with Crippen molar-refractivity contribution in [3.8, 4) is 5.75 Å². The molecular formula is C21H31IN4O2S. The third-order valence-corrected chi connectivity index (χ3v) is 5.77. The third kappa shape index (κ3) is 7.11. The van der Waals surface area contributed by atoms with Gasteiger partial charge in [0.1, 0.15) is 11.9 Å². The van der Waals surface area contributed by atoms with Crippen molar-refractivity contribution in [3.05, 3.63) is 45.4 Å². The third-order valence-electron chi connectivity index (χ3n) is 4.57. The Morgan fingerprint density at radius 3 is 2.79 bits per heavy atom. The number of aryl methyl sites for hydroxylation is 1. The molecule has 8 heteroatoms. The molecule has 2 heterocycles. The fourth-order valence-corrected chi connectivity index (χ4v) is 3.78. The maximum atomic E-state index is 6.17. The first kappa shape index (κ1) is 23.9. The predicted molar refractivity (Wildman–Crippen MR) is 130 cm³/mol. The normalized spacial score (nSPS) is 16.6. The molecule has 2 N–H and O–H groups in total. The van der Waals surface area contributed by atoms with E-state index in [1.807, 2.05) is 0 Å². The van der Waals surface area contributed by atoms with Crippen LogP contribution in [0.4, 0.5) is 0 Å². The van der Waals surface area contributed by atoms with Crippen molar-refractivity contribution in [1.29, 1.82) is 0 Å². The highest BCUT2D eigenvalue weighted by atomic mass is 127. The lowest BCUT2D eigenvalue weighted by atomic mass is 10.1. The zero-order chi connectivity index (χ0) is 19.9. The van der Waals surface area contributed by atoms with Crippen molar-refractivity contribution in [1.82, 2.24) is 15.6 Å². The number of halogens is 1. The molecule has 160 valence electrons. The number of thiazole rings is 1. The highest BCUT2D eigenvalue weighted by Crippen LogP contribution is 2.24. The Labute approximate surface area is 194 Å². The second-order valence-corrected chi connectivity index (χ2v) is 8.22. The molecule has 0 amide bonds. The van der Waals surface area contributed by atoms with Gasteiger partial charge in [0.25, 0.3) is 0 Å². The highest BCUT2D eigenvalue weighted by molar-refractivity contribution is 14.0. The van der Waals surface area contributed by atoms with Gasteiger partial charge in [-0.2, -0.15) is 0 Å². The van der Waals surface area contributed by atoms with E-state index in [0.717, 1.165) is 41.0 Å². The van der Waals surface area contributed by atoms with Gasteiger partial charge in [-0.15, -0.1) is 35.3 Å². The number of aliphatic imine (C=N–C) groups is 1. The minimum atomic E-state index is 0. The first-order chi connectivity index (χ1) is 13.5. The van der Waals surface area contributed by atoms with Gasteiger partial charge in [0.15, 0.2) is 5.96 Å². The Kier molecular flexibility index (Phi) is 9.64. The standard InChI is InChI=1S/C21H30N4O2S.HI/c1-14(2)20-25-17(13-28-20)11-24-21(22-4)23-10-16-6-5-15(3)9-19(16)27-18-7-8-26-12-18;/h5-6,9,13-14,18H,7-8,10-12H2,1-4H3,(H2,22,23,24);1H. The van der Waals surface area contributed by atoms with Gasteiger partial charge in [-0.1, -0.05) is 26.0 Å². The summed E-state index contributed by atoms with van der Waals surface area (Å²) in [6.45, 7) is 9.13. The zero-order valence-electron chi connectivity index (χ0n) is 17.5.